The van der Waals surface area contributed by atoms with E-state index in [1.165, 1.54) is 6.07 Å². The Balaban J connectivity index is 0.000000293. The minimum absolute atomic E-state index is 0.0152. The van der Waals surface area contributed by atoms with Crippen molar-refractivity contribution in [2.24, 2.45) is 16.7 Å². The molecule has 2 saturated carbocycles. The minimum atomic E-state index is -4.86. The average molecular weight is 663 g/mol. The third-order valence-electron chi connectivity index (χ3n) is 8.40. The van der Waals surface area contributed by atoms with Gasteiger partial charge in [-0.15, -0.1) is 0 Å². The van der Waals surface area contributed by atoms with E-state index >= 15 is 0 Å². The second-order valence-corrected chi connectivity index (χ2v) is 15.1. The summed E-state index contributed by atoms with van der Waals surface area (Å²) in [4.78, 5) is 23.8. The van der Waals surface area contributed by atoms with Crippen molar-refractivity contribution >= 4 is 37.3 Å². The number of nitrogens with zero attached hydrogens (tertiary/aromatic N) is 1. The molecule has 2 aromatic rings. The number of rotatable bonds is 7. The number of ketones is 1. The fraction of sp³-hybridized carbons (Fsp3) is 0.464. The van der Waals surface area contributed by atoms with E-state index in [0.29, 0.717) is 18.9 Å². The van der Waals surface area contributed by atoms with E-state index in [1.807, 2.05) is 19.2 Å². The first kappa shape index (κ1) is 35.1. The Kier molecular flexibility index (Phi) is 9.45. The van der Waals surface area contributed by atoms with Gasteiger partial charge in [0.25, 0.3) is 16.0 Å². The smallest absolute Gasteiger partial charge is 0.379 e. The van der Waals surface area contributed by atoms with Crippen LogP contribution in [-0.4, -0.2) is 55.3 Å². The summed E-state index contributed by atoms with van der Waals surface area (Å²) in [6, 6.07) is 7.40. The Hall–Kier alpha value is -3.39. The molecule has 1 amide bonds. The number of nitrogens with one attached hydrogen (secondary N) is 1. The molecular weight excluding hydrogens is 632 g/mol. The number of carbonyl (C=O) groups is 2. The first-order valence-corrected chi connectivity index (χ1v) is 16.3. The molecule has 3 atom stereocenters. The topological polar surface area (TPSA) is 179 Å². The van der Waals surface area contributed by atoms with Crippen molar-refractivity contribution in [2.45, 2.75) is 56.7 Å². The van der Waals surface area contributed by atoms with Crippen LogP contribution in [0.5, 0.6) is 0 Å². The number of Topliss-reactive ketones (excluding diaryl/α,β-unsaturated/α-hetero) is 1. The number of aliphatic hydroxyl groups is 1. The molecule has 10 nitrogen and oxygen atoms in total. The summed E-state index contributed by atoms with van der Waals surface area (Å²) in [5, 5.41) is 21.1. The fourth-order valence-electron chi connectivity index (χ4n) is 5.80. The van der Waals surface area contributed by atoms with Crippen LogP contribution >= 0.6 is 0 Å². The van der Waals surface area contributed by atoms with E-state index in [1.54, 1.807) is 0 Å². The van der Waals surface area contributed by atoms with E-state index in [0.717, 1.165) is 49.7 Å². The van der Waals surface area contributed by atoms with Crippen molar-refractivity contribution in [1.82, 2.24) is 0 Å². The van der Waals surface area contributed by atoms with Crippen LogP contribution in [0.25, 0.3) is 0 Å². The maximum atomic E-state index is 13.0. The summed E-state index contributed by atoms with van der Waals surface area (Å²) in [6.45, 7) is 4.76. The molecule has 2 aliphatic carbocycles. The van der Waals surface area contributed by atoms with Crippen molar-refractivity contribution in [3.8, 4) is 6.07 Å². The molecule has 16 heteroatoms. The zero-order chi connectivity index (χ0) is 33.5. The van der Waals surface area contributed by atoms with E-state index in [4.69, 9.17) is 9.81 Å². The maximum Gasteiger partial charge on any atom is 0.417 e. The van der Waals surface area contributed by atoms with Crippen molar-refractivity contribution in [3.63, 3.8) is 0 Å². The quantitative estimate of drug-likeness (QED) is 0.223. The maximum absolute atomic E-state index is 13.0. The summed E-state index contributed by atoms with van der Waals surface area (Å²) >= 11 is 0. The normalized spacial score (nSPS) is 22.4. The zero-order valence-corrected chi connectivity index (χ0v) is 25.4. The number of carbonyl (C=O) groups excluding carboxylic acids is 2. The number of sulfone groups is 1. The molecule has 0 heterocycles. The van der Waals surface area contributed by atoms with Gasteiger partial charge in [0, 0.05) is 12.1 Å². The second-order valence-electron chi connectivity index (χ2n) is 11.7. The molecule has 2 bridgehead atoms. The number of alkyl halides is 3. The number of fused-ring (bicyclic) bond motifs is 2. The average Bonchev–Trinajstić information content (AvgIpc) is 3.21. The molecule has 0 spiro atoms. The number of halogens is 4. The Morgan fingerprint density at radius 1 is 1.11 bits per heavy atom. The van der Waals surface area contributed by atoms with E-state index in [2.05, 4.69) is 0 Å². The molecule has 3 N–H and O–H groups in total. The number of amides is 1. The molecule has 2 aliphatic rings. The molecular formula is C28H30F4N2O8S2. The third kappa shape index (κ3) is 7.28. The summed E-state index contributed by atoms with van der Waals surface area (Å²) in [5.74, 6) is -3.16. The molecule has 2 aromatic carbocycles. The fourth-order valence-corrected chi connectivity index (χ4v) is 8.69. The molecule has 2 fully saturated rings. The monoisotopic (exact) mass is 662 g/mol. The first-order valence-electron chi connectivity index (χ1n) is 13.1. The van der Waals surface area contributed by atoms with Gasteiger partial charge in [-0.05, 0) is 73.6 Å². The third-order valence-corrected chi connectivity index (χ3v) is 11.2. The highest BCUT2D eigenvalue weighted by atomic mass is 32.2. The summed E-state index contributed by atoms with van der Waals surface area (Å²) in [5.41, 5.74) is -5.98. The van der Waals surface area contributed by atoms with Crippen LogP contribution in [0.1, 0.15) is 51.2 Å². The molecule has 4 rings (SSSR count). The van der Waals surface area contributed by atoms with Gasteiger partial charge in [0.2, 0.25) is 0 Å². The van der Waals surface area contributed by atoms with E-state index in [-0.39, 0.29) is 27.7 Å². The van der Waals surface area contributed by atoms with Crippen LogP contribution in [0, 0.1) is 33.9 Å². The van der Waals surface area contributed by atoms with Gasteiger partial charge in [-0.2, -0.15) is 26.9 Å². The van der Waals surface area contributed by atoms with Gasteiger partial charge >= 0.3 is 6.18 Å². The molecule has 0 saturated heterocycles. The highest BCUT2D eigenvalue weighted by Gasteiger charge is 2.65. The van der Waals surface area contributed by atoms with E-state index < -0.39 is 71.5 Å². The summed E-state index contributed by atoms with van der Waals surface area (Å²) in [6.07, 6.45) is -2.89. The lowest BCUT2D eigenvalue weighted by Gasteiger charge is -2.35. The lowest BCUT2D eigenvalue weighted by atomic mass is 9.70. The van der Waals surface area contributed by atoms with Gasteiger partial charge in [-0.1, -0.05) is 13.8 Å². The van der Waals surface area contributed by atoms with Crippen molar-refractivity contribution in [3.05, 3.63) is 59.4 Å². The van der Waals surface area contributed by atoms with Gasteiger partial charge in [0.05, 0.1) is 39.0 Å². The van der Waals surface area contributed by atoms with Gasteiger partial charge in [0.1, 0.15) is 11.6 Å². The number of hydrogen-bond donors (Lipinski definition) is 3. The predicted octanol–water partition coefficient (Wildman–Crippen LogP) is 4.15. The Bertz CT molecular complexity index is 1710. The number of hydrogen-bond acceptors (Lipinski definition) is 8. The molecule has 0 aliphatic heterocycles. The van der Waals surface area contributed by atoms with Crippen molar-refractivity contribution in [2.75, 3.05) is 16.8 Å². The lowest BCUT2D eigenvalue weighted by molar-refractivity contribution is -0.138. The number of benzene rings is 2. The molecule has 3 unspecified atom stereocenters. The SMILES string of the molecule is CC(O)(CS(=O)(=O)c1ccc(F)cc1)C(=O)Nc1ccc(C#N)c(C(F)(F)F)c1.CC1(C)C2CCC1(CS(=O)(=O)O)C(=O)C2. The molecule has 0 aromatic heterocycles. The van der Waals surface area contributed by atoms with Crippen molar-refractivity contribution in [1.29, 1.82) is 5.26 Å². The van der Waals surface area contributed by atoms with Crippen LogP contribution < -0.4 is 5.32 Å². The summed E-state index contributed by atoms with van der Waals surface area (Å²) in [7, 11) is -8.29. The van der Waals surface area contributed by atoms with Crippen LogP contribution in [0.15, 0.2) is 47.4 Å². The van der Waals surface area contributed by atoms with E-state index in [9.17, 15) is 49.1 Å². The van der Waals surface area contributed by atoms with Crippen LogP contribution in [0.3, 0.4) is 0 Å². The van der Waals surface area contributed by atoms with Gasteiger partial charge in [0.15, 0.2) is 15.4 Å². The Labute approximate surface area is 251 Å². The Morgan fingerprint density at radius 3 is 2.16 bits per heavy atom. The van der Waals surface area contributed by atoms with Gasteiger partial charge in [-0.3, -0.25) is 14.1 Å². The minimum Gasteiger partial charge on any atom is -0.379 e. The predicted molar refractivity (Wildman–Crippen MR) is 149 cm³/mol. The highest BCUT2D eigenvalue weighted by Crippen LogP contribution is 2.64. The van der Waals surface area contributed by atoms with Crippen molar-refractivity contribution < 1.29 is 53.6 Å². The summed E-state index contributed by atoms with van der Waals surface area (Å²) < 4.78 is 108. The zero-order valence-electron chi connectivity index (χ0n) is 23.8. The molecule has 0 radical (unpaired) electrons. The standard InChI is InChI=1S/C18H14F4N2O4S.C10H16O4S/c1-17(26,10-29(27,28)14-6-3-12(19)4-7-14)16(25)24-13-5-2-11(9-23)15(8-13)18(20,21)22;1-9(2)7-3-4-10(9,8(11)5-7)6-15(12,13)14/h2-8,26H,10H2,1H3,(H,24,25);7H,3-6H2,1-2H3,(H,12,13,14). The lowest BCUT2D eigenvalue weighted by Crippen LogP contribution is -2.45. The van der Waals surface area contributed by atoms with Crippen LogP contribution in [0.2, 0.25) is 0 Å². The second kappa shape index (κ2) is 11.8. The number of anilines is 1. The molecule has 44 heavy (non-hydrogen) atoms. The highest BCUT2D eigenvalue weighted by molar-refractivity contribution is 7.91. The van der Waals surface area contributed by atoms with Crippen LogP contribution in [-0.2, 0) is 35.7 Å². The van der Waals surface area contributed by atoms with Gasteiger partial charge in [-0.25, -0.2) is 12.8 Å². The largest absolute Gasteiger partial charge is 0.417 e. The van der Waals surface area contributed by atoms with Crippen LogP contribution in [0.4, 0.5) is 23.2 Å². The Morgan fingerprint density at radius 2 is 1.70 bits per heavy atom. The van der Waals surface area contributed by atoms with Gasteiger partial charge < -0.3 is 10.4 Å². The first-order chi connectivity index (χ1) is 19.9. The molecule has 240 valence electrons. The number of nitriles is 1.